The Kier molecular flexibility index (Phi) is 5.39. The first kappa shape index (κ1) is 17.1. The first-order valence-corrected chi connectivity index (χ1v) is 8.63. The number of pyridine rings is 1. The van der Waals surface area contributed by atoms with Gasteiger partial charge in [-0.3, -0.25) is 4.98 Å². The molecule has 2 heterocycles. The Balaban J connectivity index is 0.00000176. The normalized spacial score (nSPS) is 17.3. The minimum Gasteiger partial charge on any atom is -0.301 e. The van der Waals surface area contributed by atoms with Gasteiger partial charge in [-0.25, -0.2) is 8.42 Å². The number of para-hydroxylation sites is 1. The van der Waals surface area contributed by atoms with Gasteiger partial charge >= 0.3 is 0 Å². The van der Waals surface area contributed by atoms with E-state index in [2.05, 4.69) is 16.8 Å². The number of rotatable bonds is 3. The number of benzene rings is 1. The highest BCUT2D eigenvalue weighted by Crippen LogP contribution is 2.24. The molecule has 1 aromatic carbocycles. The number of halogens is 1. The maximum Gasteiger partial charge on any atom is 0.245 e. The highest BCUT2D eigenvalue weighted by Gasteiger charge is 2.29. The molecular weight excluding hydrogens is 322 g/mol. The number of aromatic nitrogens is 1. The van der Waals surface area contributed by atoms with Gasteiger partial charge in [-0.2, -0.15) is 4.31 Å². The summed E-state index contributed by atoms with van der Waals surface area (Å²) < 4.78 is 27.3. The lowest BCUT2D eigenvalue weighted by atomic mass is 10.2. The fourth-order valence-corrected chi connectivity index (χ4v) is 4.30. The Bertz CT molecular complexity index is 738. The number of sulfonamides is 1. The summed E-state index contributed by atoms with van der Waals surface area (Å²) in [5.74, 6) is 0. The van der Waals surface area contributed by atoms with E-state index in [1.54, 1.807) is 22.6 Å². The topological polar surface area (TPSA) is 53.5 Å². The second kappa shape index (κ2) is 6.91. The molecule has 0 saturated carbocycles. The monoisotopic (exact) mass is 341 g/mol. The zero-order valence-electron chi connectivity index (χ0n) is 12.5. The van der Waals surface area contributed by atoms with Crippen LogP contribution >= 0.6 is 12.4 Å². The third-order valence-corrected chi connectivity index (χ3v) is 5.92. The van der Waals surface area contributed by atoms with Crippen LogP contribution in [0.15, 0.2) is 41.4 Å². The molecule has 0 bridgehead atoms. The molecule has 120 valence electrons. The highest BCUT2D eigenvalue weighted by molar-refractivity contribution is 7.89. The molecule has 0 spiro atoms. The van der Waals surface area contributed by atoms with E-state index < -0.39 is 10.0 Å². The van der Waals surface area contributed by atoms with Gasteiger partial charge in [0, 0.05) is 37.8 Å². The van der Waals surface area contributed by atoms with Gasteiger partial charge in [0.1, 0.15) is 4.90 Å². The number of likely N-dealkylation sites (N-methyl/N-ethyl adjacent to an activating group) is 1. The van der Waals surface area contributed by atoms with Crippen molar-refractivity contribution in [1.82, 2.24) is 14.2 Å². The second-order valence-corrected chi connectivity index (χ2v) is 7.08. The molecule has 0 amide bonds. The summed E-state index contributed by atoms with van der Waals surface area (Å²) in [7, 11) is -3.48. The van der Waals surface area contributed by atoms with Crippen LogP contribution in [0.4, 0.5) is 0 Å². The quantitative estimate of drug-likeness (QED) is 0.856. The molecule has 3 rings (SSSR count). The van der Waals surface area contributed by atoms with Crippen molar-refractivity contribution in [2.75, 3.05) is 32.7 Å². The van der Waals surface area contributed by atoms with Crippen LogP contribution in [0.2, 0.25) is 0 Å². The molecule has 0 radical (unpaired) electrons. The summed E-state index contributed by atoms with van der Waals surface area (Å²) in [5, 5.41) is 0.853. The van der Waals surface area contributed by atoms with Crippen molar-refractivity contribution in [3.05, 3.63) is 36.5 Å². The Morgan fingerprint density at radius 2 is 1.77 bits per heavy atom. The third-order valence-electron chi connectivity index (χ3n) is 3.99. The van der Waals surface area contributed by atoms with Crippen molar-refractivity contribution >= 4 is 33.3 Å². The molecule has 0 unspecified atom stereocenters. The number of nitrogens with zero attached hydrogens (tertiary/aromatic N) is 3. The van der Waals surface area contributed by atoms with Crippen molar-refractivity contribution in [2.45, 2.75) is 11.8 Å². The lowest BCUT2D eigenvalue weighted by Gasteiger charge is -2.33. The summed E-state index contributed by atoms with van der Waals surface area (Å²) >= 11 is 0. The van der Waals surface area contributed by atoms with E-state index in [1.165, 1.54) is 0 Å². The zero-order valence-corrected chi connectivity index (χ0v) is 14.1. The van der Waals surface area contributed by atoms with Gasteiger partial charge in [0.05, 0.1) is 5.52 Å². The van der Waals surface area contributed by atoms with Gasteiger partial charge in [-0.1, -0.05) is 25.1 Å². The van der Waals surface area contributed by atoms with Crippen molar-refractivity contribution < 1.29 is 8.42 Å². The molecule has 5 nitrogen and oxygen atoms in total. The average Bonchev–Trinajstić information content (AvgIpc) is 2.54. The Morgan fingerprint density at radius 1 is 1.09 bits per heavy atom. The lowest BCUT2D eigenvalue weighted by molar-refractivity contribution is 0.196. The van der Waals surface area contributed by atoms with E-state index in [0.29, 0.717) is 23.5 Å². The summed E-state index contributed by atoms with van der Waals surface area (Å²) in [6.07, 6.45) is 1.64. The van der Waals surface area contributed by atoms with Crippen LogP contribution in [0.1, 0.15) is 6.92 Å². The van der Waals surface area contributed by atoms with E-state index in [9.17, 15) is 8.42 Å². The Morgan fingerprint density at radius 3 is 2.45 bits per heavy atom. The van der Waals surface area contributed by atoms with Crippen LogP contribution in [0.5, 0.6) is 0 Å². The predicted molar refractivity (Wildman–Crippen MR) is 89.9 cm³/mol. The standard InChI is InChI=1S/C15H19N3O2S.ClH/c1-2-17-9-11-18(12-10-17)21(19,20)14-7-3-5-13-6-4-8-16-15(13)14;/h3-8H,2,9-12H2,1H3;1H. The molecule has 2 aromatic rings. The Labute approximate surface area is 137 Å². The summed E-state index contributed by atoms with van der Waals surface area (Å²) in [5.41, 5.74) is 0.554. The molecule has 0 N–H and O–H groups in total. The van der Waals surface area contributed by atoms with Gasteiger partial charge in [-0.15, -0.1) is 12.4 Å². The summed E-state index contributed by atoms with van der Waals surface area (Å²) in [4.78, 5) is 6.83. The molecule has 0 aliphatic carbocycles. The summed E-state index contributed by atoms with van der Waals surface area (Å²) in [6.45, 7) is 5.71. The molecule has 1 saturated heterocycles. The first-order chi connectivity index (χ1) is 10.1. The average molecular weight is 342 g/mol. The van der Waals surface area contributed by atoms with Crippen LogP contribution in [0.25, 0.3) is 10.9 Å². The van der Waals surface area contributed by atoms with Crippen molar-refractivity contribution in [3.8, 4) is 0 Å². The Hall–Kier alpha value is -1.21. The predicted octanol–water partition coefficient (Wildman–Crippen LogP) is 1.98. The summed E-state index contributed by atoms with van der Waals surface area (Å²) in [6, 6.07) is 9.02. The molecule has 1 fully saturated rings. The van der Waals surface area contributed by atoms with Crippen molar-refractivity contribution in [2.24, 2.45) is 0 Å². The number of fused-ring (bicyclic) bond motifs is 1. The van der Waals surface area contributed by atoms with Gasteiger partial charge in [-0.05, 0) is 18.7 Å². The van der Waals surface area contributed by atoms with E-state index >= 15 is 0 Å². The molecule has 1 aliphatic rings. The highest BCUT2D eigenvalue weighted by atomic mass is 35.5. The number of hydrogen-bond donors (Lipinski definition) is 0. The maximum absolute atomic E-state index is 12.9. The van der Waals surface area contributed by atoms with Gasteiger partial charge in [0.15, 0.2) is 0 Å². The minimum atomic E-state index is -3.48. The third kappa shape index (κ3) is 3.10. The smallest absolute Gasteiger partial charge is 0.245 e. The van der Waals surface area contributed by atoms with Gasteiger partial charge < -0.3 is 4.90 Å². The second-order valence-electron chi connectivity index (χ2n) is 5.17. The fourth-order valence-electron chi connectivity index (χ4n) is 2.71. The molecule has 7 heteroatoms. The molecule has 1 aliphatic heterocycles. The van der Waals surface area contributed by atoms with Crippen molar-refractivity contribution in [1.29, 1.82) is 0 Å². The number of hydrogen-bond acceptors (Lipinski definition) is 4. The molecule has 0 atom stereocenters. The molecule has 1 aromatic heterocycles. The van der Waals surface area contributed by atoms with E-state index in [1.807, 2.05) is 18.2 Å². The van der Waals surface area contributed by atoms with Crippen LogP contribution < -0.4 is 0 Å². The van der Waals surface area contributed by atoms with Crippen LogP contribution in [0, 0.1) is 0 Å². The molecule has 22 heavy (non-hydrogen) atoms. The fraction of sp³-hybridized carbons (Fsp3) is 0.400. The van der Waals surface area contributed by atoms with E-state index in [-0.39, 0.29) is 12.4 Å². The zero-order chi connectivity index (χ0) is 14.9. The maximum atomic E-state index is 12.9. The SMILES string of the molecule is CCN1CCN(S(=O)(=O)c2cccc3cccnc23)CC1.Cl. The molecular formula is C15H20ClN3O2S. The lowest BCUT2D eigenvalue weighted by Crippen LogP contribution is -2.48. The first-order valence-electron chi connectivity index (χ1n) is 7.19. The van der Waals surface area contributed by atoms with E-state index in [4.69, 9.17) is 0 Å². The van der Waals surface area contributed by atoms with Gasteiger partial charge in [0.25, 0.3) is 0 Å². The van der Waals surface area contributed by atoms with Crippen LogP contribution in [-0.4, -0.2) is 55.3 Å². The van der Waals surface area contributed by atoms with Gasteiger partial charge in [0.2, 0.25) is 10.0 Å². The largest absolute Gasteiger partial charge is 0.301 e. The van der Waals surface area contributed by atoms with Crippen molar-refractivity contribution in [3.63, 3.8) is 0 Å². The van der Waals surface area contributed by atoms with Crippen LogP contribution in [0.3, 0.4) is 0 Å². The van der Waals surface area contributed by atoms with Crippen LogP contribution in [-0.2, 0) is 10.0 Å². The number of piperazine rings is 1. The minimum absolute atomic E-state index is 0. The van der Waals surface area contributed by atoms with E-state index in [0.717, 1.165) is 25.0 Å².